The number of hydrogen-bond acceptors (Lipinski definition) is 6. The van der Waals surface area contributed by atoms with Gasteiger partial charge in [-0.25, -0.2) is 12.8 Å². The Hall–Kier alpha value is -3.37. The van der Waals surface area contributed by atoms with Crippen molar-refractivity contribution in [1.82, 2.24) is 9.62 Å². The second kappa shape index (κ2) is 9.47. The Morgan fingerprint density at radius 2 is 1.82 bits per heavy atom. The molecule has 34 heavy (non-hydrogen) atoms. The lowest BCUT2D eigenvalue weighted by Gasteiger charge is -2.29. The van der Waals surface area contributed by atoms with Gasteiger partial charge in [-0.05, 0) is 54.8 Å². The van der Waals surface area contributed by atoms with Gasteiger partial charge in [-0.1, -0.05) is 18.2 Å². The first-order valence-electron chi connectivity index (χ1n) is 10.6. The van der Waals surface area contributed by atoms with Crippen molar-refractivity contribution in [2.24, 2.45) is 0 Å². The number of methoxy groups -OCH3 is 2. The smallest absolute Gasteiger partial charge is 0.287 e. The molecule has 0 fully saturated rings. The normalized spacial score (nSPS) is 14.8. The molecule has 1 atom stereocenters. The van der Waals surface area contributed by atoms with E-state index in [1.165, 1.54) is 42.8 Å². The zero-order valence-corrected chi connectivity index (χ0v) is 19.8. The lowest BCUT2D eigenvalue weighted by molar-refractivity contribution is 0.0906. The Balaban J connectivity index is 1.52. The quantitative estimate of drug-likeness (QED) is 0.545. The van der Waals surface area contributed by atoms with Crippen LogP contribution in [-0.2, 0) is 23.0 Å². The Morgan fingerprint density at radius 3 is 2.50 bits per heavy atom. The van der Waals surface area contributed by atoms with Gasteiger partial charge in [0.05, 0.1) is 20.3 Å². The molecule has 1 unspecified atom stereocenters. The van der Waals surface area contributed by atoms with Gasteiger partial charge in [0, 0.05) is 18.7 Å². The van der Waals surface area contributed by atoms with Crippen LogP contribution in [0.2, 0.25) is 0 Å². The van der Waals surface area contributed by atoms with Gasteiger partial charge in [0.2, 0.25) is 5.09 Å². The number of nitrogens with zero attached hydrogens (tertiary/aromatic N) is 1. The van der Waals surface area contributed by atoms with E-state index in [0.29, 0.717) is 23.5 Å². The maximum Gasteiger partial charge on any atom is 0.287 e. The number of halogens is 1. The van der Waals surface area contributed by atoms with Crippen LogP contribution in [0.25, 0.3) is 0 Å². The molecule has 0 radical (unpaired) electrons. The van der Waals surface area contributed by atoms with Crippen LogP contribution in [0.4, 0.5) is 4.39 Å². The number of carbonyl (C=O) groups is 1. The molecule has 3 aromatic rings. The van der Waals surface area contributed by atoms with Crippen molar-refractivity contribution < 1.29 is 31.5 Å². The molecular weight excluding hydrogens is 463 g/mol. The molecule has 1 aliphatic heterocycles. The third-order valence-electron chi connectivity index (χ3n) is 5.83. The maximum atomic E-state index is 13.3. The summed E-state index contributed by atoms with van der Waals surface area (Å²) in [6.45, 7) is 2.08. The summed E-state index contributed by atoms with van der Waals surface area (Å²) in [5.41, 5.74) is 2.42. The van der Waals surface area contributed by atoms with Crippen LogP contribution in [0.5, 0.6) is 11.5 Å². The summed E-state index contributed by atoms with van der Waals surface area (Å²) in [6, 6.07) is 11.6. The van der Waals surface area contributed by atoms with Crippen LogP contribution in [0.1, 0.15) is 40.2 Å². The number of amides is 1. The van der Waals surface area contributed by atoms with Crippen molar-refractivity contribution in [3.8, 4) is 11.5 Å². The largest absolute Gasteiger partial charge is 0.493 e. The highest BCUT2D eigenvalue weighted by Crippen LogP contribution is 2.38. The summed E-state index contributed by atoms with van der Waals surface area (Å²) in [4.78, 5) is 12.6. The topological polar surface area (TPSA) is 98.1 Å². The average molecular weight is 489 g/mol. The average Bonchev–Trinajstić information content (AvgIpc) is 3.34. The minimum atomic E-state index is -4.00. The molecule has 1 aromatic heterocycles. The third-order valence-corrected chi connectivity index (χ3v) is 7.55. The van der Waals surface area contributed by atoms with Crippen molar-refractivity contribution in [3.63, 3.8) is 0 Å². The zero-order valence-electron chi connectivity index (χ0n) is 19.0. The number of benzene rings is 2. The number of sulfonamides is 1. The van der Waals surface area contributed by atoms with Gasteiger partial charge in [-0.15, -0.1) is 0 Å². The maximum absolute atomic E-state index is 13.3. The molecule has 0 saturated heterocycles. The summed E-state index contributed by atoms with van der Waals surface area (Å²) in [7, 11) is -0.967. The molecule has 8 nitrogen and oxygen atoms in total. The van der Waals surface area contributed by atoms with Gasteiger partial charge in [0.25, 0.3) is 15.9 Å². The minimum absolute atomic E-state index is 0.0852. The molecule has 1 N–H and O–H groups in total. The number of rotatable bonds is 7. The fourth-order valence-corrected chi connectivity index (χ4v) is 5.28. The van der Waals surface area contributed by atoms with Crippen LogP contribution >= 0.6 is 0 Å². The Labute approximate surface area is 197 Å². The highest BCUT2D eigenvalue weighted by molar-refractivity contribution is 7.89. The minimum Gasteiger partial charge on any atom is -0.493 e. The SMILES string of the molecule is COc1ccc2c(c1OC)CN(S(=O)(=O)c1ccc(C(=O)NC(C)c3ccc(F)cc3)o1)CC2. The molecule has 2 aromatic carbocycles. The molecule has 0 spiro atoms. The molecule has 4 rings (SSSR count). The van der Waals surface area contributed by atoms with E-state index in [1.807, 2.05) is 6.07 Å². The van der Waals surface area contributed by atoms with Crippen LogP contribution < -0.4 is 14.8 Å². The first kappa shape index (κ1) is 23.8. The third kappa shape index (κ3) is 4.51. The number of ether oxygens (including phenoxy) is 2. The van der Waals surface area contributed by atoms with Crippen LogP contribution in [0.3, 0.4) is 0 Å². The molecular formula is C24H25FN2O6S. The van der Waals surface area contributed by atoms with Crippen molar-refractivity contribution in [1.29, 1.82) is 0 Å². The predicted octanol–water partition coefficient (Wildman–Crippen LogP) is 3.67. The molecule has 2 heterocycles. The van der Waals surface area contributed by atoms with Gasteiger partial charge in [-0.2, -0.15) is 4.31 Å². The number of fused-ring (bicyclic) bond motifs is 1. The van der Waals surface area contributed by atoms with E-state index in [-0.39, 0.29) is 29.8 Å². The summed E-state index contributed by atoms with van der Waals surface area (Å²) in [5, 5.41) is 2.40. The summed E-state index contributed by atoms with van der Waals surface area (Å²) < 4.78 is 57.2. The van der Waals surface area contributed by atoms with E-state index in [9.17, 15) is 17.6 Å². The predicted molar refractivity (Wildman–Crippen MR) is 122 cm³/mol. The van der Waals surface area contributed by atoms with Crippen LogP contribution in [0, 0.1) is 5.82 Å². The number of carbonyl (C=O) groups excluding carboxylic acids is 1. The fourth-order valence-electron chi connectivity index (χ4n) is 3.96. The zero-order chi connectivity index (χ0) is 24.5. The van der Waals surface area contributed by atoms with Crippen LogP contribution in [-0.4, -0.2) is 39.4 Å². The van der Waals surface area contributed by atoms with E-state index < -0.39 is 22.0 Å². The lowest BCUT2D eigenvalue weighted by Crippen LogP contribution is -2.36. The summed E-state index contributed by atoms with van der Waals surface area (Å²) >= 11 is 0. The number of nitrogens with one attached hydrogen (secondary N) is 1. The van der Waals surface area contributed by atoms with Crippen LogP contribution in [0.15, 0.2) is 58.0 Å². The molecule has 10 heteroatoms. The molecule has 0 saturated carbocycles. The Bertz CT molecular complexity index is 1300. The van der Waals surface area contributed by atoms with E-state index in [1.54, 1.807) is 25.1 Å². The summed E-state index contributed by atoms with van der Waals surface area (Å²) in [6.07, 6.45) is 0.498. The molecule has 0 bridgehead atoms. The number of furan rings is 1. The lowest BCUT2D eigenvalue weighted by atomic mass is 9.99. The standard InChI is InChI=1S/C24H25FN2O6S/c1-15(16-4-7-18(25)8-5-16)26-24(28)21-10-11-22(33-21)34(29,30)27-13-12-17-6-9-20(31-2)23(32-3)19(17)14-27/h4-11,15H,12-14H2,1-3H3,(H,26,28). The van der Waals surface area contributed by atoms with Gasteiger partial charge in [-0.3, -0.25) is 4.79 Å². The molecule has 1 aliphatic rings. The molecule has 180 valence electrons. The molecule has 1 amide bonds. The monoisotopic (exact) mass is 488 g/mol. The van der Waals surface area contributed by atoms with Gasteiger partial charge < -0.3 is 19.2 Å². The summed E-state index contributed by atoms with van der Waals surface area (Å²) in [5.74, 6) is -0.0700. The van der Waals surface area contributed by atoms with Crippen molar-refractivity contribution >= 4 is 15.9 Å². The second-order valence-electron chi connectivity index (χ2n) is 7.89. The van der Waals surface area contributed by atoms with Gasteiger partial charge in [0.15, 0.2) is 17.3 Å². The van der Waals surface area contributed by atoms with E-state index in [2.05, 4.69) is 5.32 Å². The highest BCUT2D eigenvalue weighted by atomic mass is 32.2. The fraction of sp³-hybridized carbons (Fsp3) is 0.292. The van der Waals surface area contributed by atoms with E-state index >= 15 is 0 Å². The Kier molecular flexibility index (Phi) is 6.63. The first-order chi connectivity index (χ1) is 16.2. The first-order valence-corrected chi connectivity index (χ1v) is 12.1. The van der Waals surface area contributed by atoms with Crippen molar-refractivity contribution in [3.05, 3.63) is 76.8 Å². The Morgan fingerprint density at radius 1 is 1.09 bits per heavy atom. The van der Waals surface area contributed by atoms with E-state index in [4.69, 9.17) is 13.9 Å². The van der Waals surface area contributed by atoms with Gasteiger partial charge in [0.1, 0.15) is 5.82 Å². The molecule has 0 aliphatic carbocycles. The van der Waals surface area contributed by atoms with Gasteiger partial charge >= 0.3 is 0 Å². The second-order valence-corrected chi connectivity index (χ2v) is 9.76. The number of hydrogen-bond donors (Lipinski definition) is 1. The highest BCUT2D eigenvalue weighted by Gasteiger charge is 2.33. The van der Waals surface area contributed by atoms with Crippen molar-refractivity contribution in [2.75, 3.05) is 20.8 Å². The van der Waals surface area contributed by atoms with E-state index in [0.717, 1.165) is 11.1 Å². The van der Waals surface area contributed by atoms with Crippen molar-refractivity contribution in [2.45, 2.75) is 31.0 Å².